The van der Waals surface area contributed by atoms with Crippen LogP contribution < -0.4 is 4.90 Å². The molecule has 0 radical (unpaired) electrons. The van der Waals surface area contributed by atoms with Crippen LogP contribution in [-0.4, -0.2) is 36.1 Å². The van der Waals surface area contributed by atoms with Crippen molar-refractivity contribution >= 4 is 40.6 Å². The van der Waals surface area contributed by atoms with Crippen molar-refractivity contribution in [2.45, 2.75) is 11.4 Å². The molecule has 0 N–H and O–H groups in total. The van der Waals surface area contributed by atoms with Crippen LogP contribution in [0.1, 0.15) is 4.88 Å². The number of carbonyl (C=O) groups is 2. The zero-order chi connectivity index (χ0) is 15.5. The number of benzene rings is 1. The Morgan fingerprint density at radius 1 is 1.27 bits per heavy atom. The third kappa shape index (κ3) is 3.18. The van der Waals surface area contributed by atoms with Crippen molar-refractivity contribution in [2.24, 2.45) is 0 Å². The van der Waals surface area contributed by atoms with Gasteiger partial charge in [-0.2, -0.15) is 0 Å². The van der Waals surface area contributed by atoms with E-state index in [1.807, 2.05) is 41.8 Å². The quantitative estimate of drug-likeness (QED) is 0.864. The van der Waals surface area contributed by atoms with Crippen LogP contribution in [0.25, 0.3) is 0 Å². The number of thioether (sulfide) groups is 1. The zero-order valence-corrected chi connectivity index (χ0v) is 13.8. The first-order chi connectivity index (χ1) is 10.6. The van der Waals surface area contributed by atoms with Crippen LogP contribution in [0.4, 0.5) is 5.69 Å². The minimum Gasteiger partial charge on any atom is -0.339 e. The molecule has 2 aromatic rings. The van der Waals surface area contributed by atoms with Crippen LogP contribution in [-0.2, 0) is 16.1 Å². The van der Waals surface area contributed by atoms with Crippen LogP contribution in [0.3, 0.4) is 0 Å². The molecule has 0 spiro atoms. The number of likely N-dealkylation sites (N-methyl/N-ethyl adjacent to an activating group) is 1. The molecule has 114 valence electrons. The van der Waals surface area contributed by atoms with Gasteiger partial charge in [0.15, 0.2) is 0 Å². The highest BCUT2D eigenvalue weighted by Crippen LogP contribution is 2.34. The fourth-order valence-electron chi connectivity index (χ4n) is 2.31. The lowest BCUT2D eigenvalue weighted by Gasteiger charge is -2.29. The van der Waals surface area contributed by atoms with Gasteiger partial charge in [0.1, 0.15) is 6.54 Å². The molecule has 0 saturated carbocycles. The van der Waals surface area contributed by atoms with E-state index in [4.69, 9.17) is 0 Å². The van der Waals surface area contributed by atoms with Gasteiger partial charge in [-0.3, -0.25) is 9.59 Å². The van der Waals surface area contributed by atoms with E-state index in [9.17, 15) is 9.59 Å². The Balaban J connectivity index is 1.72. The average Bonchev–Trinajstić information content (AvgIpc) is 3.03. The Morgan fingerprint density at radius 3 is 2.86 bits per heavy atom. The molecule has 0 bridgehead atoms. The number of para-hydroxylation sites is 1. The highest BCUT2D eigenvalue weighted by atomic mass is 32.2. The van der Waals surface area contributed by atoms with Crippen molar-refractivity contribution in [1.82, 2.24) is 4.90 Å². The fraction of sp³-hybridized carbons (Fsp3) is 0.250. The summed E-state index contributed by atoms with van der Waals surface area (Å²) < 4.78 is 0. The van der Waals surface area contributed by atoms with Crippen molar-refractivity contribution in [1.29, 1.82) is 0 Å². The predicted molar refractivity (Wildman–Crippen MR) is 90.3 cm³/mol. The van der Waals surface area contributed by atoms with Crippen LogP contribution in [0.5, 0.6) is 0 Å². The Labute approximate surface area is 137 Å². The standard InChI is InChI=1S/C16H16N2O2S2/c1-17(9-12-5-4-8-21-12)15(19)10-18-13-6-2-3-7-14(13)22-11-16(18)20/h2-8H,9-11H2,1H3. The summed E-state index contributed by atoms with van der Waals surface area (Å²) in [4.78, 5) is 30.0. The molecule has 1 aliphatic heterocycles. The molecule has 6 heteroatoms. The van der Waals surface area contributed by atoms with Gasteiger partial charge in [0.05, 0.1) is 18.0 Å². The Bertz CT molecular complexity index is 685. The molecule has 1 aromatic heterocycles. The summed E-state index contributed by atoms with van der Waals surface area (Å²) >= 11 is 3.15. The number of carbonyl (C=O) groups excluding carboxylic acids is 2. The normalized spacial score (nSPS) is 13.9. The lowest BCUT2D eigenvalue weighted by atomic mass is 10.2. The average molecular weight is 332 g/mol. The molecule has 0 aliphatic carbocycles. The van der Waals surface area contributed by atoms with E-state index in [-0.39, 0.29) is 18.4 Å². The van der Waals surface area contributed by atoms with Gasteiger partial charge < -0.3 is 9.80 Å². The second-order valence-corrected chi connectivity index (χ2v) is 7.11. The van der Waals surface area contributed by atoms with Crippen molar-refractivity contribution in [3.8, 4) is 0 Å². The summed E-state index contributed by atoms with van der Waals surface area (Å²) in [6.45, 7) is 0.674. The number of nitrogens with zero attached hydrogens (tertiary/aromatic N) is 2. The lowest BCUT2D eigenvalue weighted by Crippen LogP contribution is -2.43. The van der Waals surface area contributed by atoms with E-state index in [0.29, 0.717) is 12.3 Å². The van der Waals surface area contributed by atoms with Gasteiger partial charge in [-0.25, -0.2) is 0 Å². The number of hydrogen-bond acceptors (Lipinski definition) is 4. The molecule has 4 nitrogen and oxygen atoms in total. The summed E-state index contributed by atoms with van der Waals surface area (Å²) in [5.74, 6) is 0.323. The molecule has 0 saturated heterocycles. The fourth-order valence-corrected chi connectivity index (χ4v) is 4.00. The molecular weight excluding hydrogens is 316 g/mol. The van der Waals surface area contributed by atoms with Gasteiger partial charge in [0, 0.05) is 16.8 Å². The molecule has 1 aliphatic rings. The molecule has 1 aromatic carbocycles. The van der Waals surface area contributed by atoms with Gasteiger partial charge in [0.2, 0.25) is 11.8 Å². The highest BCUT2D eigenvalue weighted by molar-refractivity contribution is 8.00. The molecular formula is C16H16N2O2S2. The maximum absolute atomic E-state index is 12.4. The Hall–Kier alpha value is -1.79. The van der Waals surface area contributed by atoms with E-state index < -0.39 is 0 Å². The summed E-state index contributed by atoms with van der Waals surface area (Å²) in [5.41, 5.74) is 0.835. The number of amides is 2. The van der Waals surface area contributed by atoms with Gasteiger partial charge in [-0.05, 0) is 23.6 Å². The second kappa shape index (κ2) is 6.54. The third-order valence-corrected chi connectivity index (χ3v) is 5.41. The maximum atomic E-state index is 12.4. The highest BCUT2D eigenvalue weighted by Gasteiger charge is 2.27. The van der Waals surface area contributed by atoms with Crippen LogP contribution in [0.2, 0.25) is 0 Å². The van der Waals surface area contributed by atoms with Gasteiger partial charge in [-0.1, -0.05) is 18.2 Å². The van der Waals surface area contributed by atoms with Gasteiger partial charge in [0.25, 0.3) is 0 Å². The first kappa shape index (κ1) is 15.1. The molecule has 0 atom stereocenters. The summed E-state index contributed by atoms with van der Waals surface area (Å²) in [7, 11) is 1.77. The molecule has 0 unspecified atom stereocenters. The topological polar surface area (TPSA) is 40.6 Å². The van der Waals surface area contributed by atoms with Gasteiger partial charge >= 0.3 is 0 Å². The summed E-state index contributed by atoms with van der Waals surface area (Å²) in [6.07, 6.45) is 0. The zero-order valence-electron chi connectivity index (χ0n) is 12.2. The Kier molecular flexibility index (Phi) is 4.49. The molecule has 0 fully saturated rings. The van der Waals surface area contributed by atoms with E-state index in [0.717, 1.165) is 15.5 Å². The van der Waals surface area contributed by atoms with Crippen LogP contribution >= 0.6 is 23.1 Å². The molecule has 2 amide bonds. The smallest absolute Gasteiger partial charge is 0.242 e. The largest absolute Gasteiger partial charge is 0.339 e. The summed E-state index contributed by atoms with van der Waals surface area (Å²) in [5, 5.41) is 2.00. The van der Waals surface area contributed by atoms with Crippen molar-refractivity contribution in [3.63, 3.8) is 0 Å². The van der Waals surface area contributed by atoms with Crippen molar-refractivity contribution < 1.29 is 9.59 Å². The Morgan fingerprint density at radius 2 is 2.09 bits per heavy atom. The van der Waals surface area contributed by atoms with Gasteiger partial charge in [-0.15, -0.1) is 23.1 Å². The van der Waals surface area contributed by atoms with Crippen molar-refractivity contribution in [3.05, 3.63) is 46.7 Å². The molecule has 2 heterocycles. The van der Waals surface area contributed by atoms with E-state index in [1.165, 1.54) is 11.8 Å². The summed E-state index contributed by atoms with van der Waals surface area (Å²) in [6, 6.07) is 11.7. The van der Waals surface area contributed by atoms with E-state index in [2.05, 4.69) is 0 Å². The monoisotopic (exact) mass is 332 g/mol. The number of anilines is 1. The van der Waals surface area contributed by atoms with E-state index >= 15 is 0 Å². The van der Waals surface area contributed by atoms with Crippen LogP contribution in [0, 0.1) is 0 Å². The first-order valence-corrected chi connectivity index (χ1v) is 8.80. The minimum absolute atomic E-state index is 0.0124. The lowest BCUT2D eigenvalue weighted by molar-refractivity contribution is -0.130. The number of rotatable bonds is 4. The SMILES string of the molecule is CN(Cc1cccs1)C(=O)CN1C(=O)CSc2ccccc21. The second-order valence-electron chi connectivity index (χ2n) is 5.07. The predicted octanol–water partition coefficient (Wildman–Crippen LogP) is 2.85. The third-order valence-electron chi connectivity index (χ3n) is 3.50. The number of fused-ring (bicyclic) bond motifs is 1. The molecule has 3 rings (SSSR count). The van der Waals surface area contributed by atoms with E-state index in [1.54, 1.807) is 28.2 Å². The maximum Gasteiger partial charge on any atom is 0.242 e. The number of thiophene rings is 1. The van der Waals surface area contributed by atoms with Crippen molar-refractivity contribution in [2.75, 3.05) is 24.2 Å². The minimum atomic E-state index is -0.0524. The molecule has 22 heavy (non-hydrogen) atoms. The van der Waals surface area contributed by atoms with Crippen LogP contribution in [0.15, 0.2) is 46.7 Å². The number of hydrogen-bond donors (Lipinski definition) is 0. The first-order valence-electron chi connectivity index (χ1n) is 6.93.